The predicted molar refractivity (Wildman–Crippen MR) is 89.2 cm³/mol. The van der Waals surface area contributed by atoms with Crippen molar-refractivity contribution in [3.63, 3.8) is 0 Å². The highest BCUT2D eigenvalue weighted by molar-refractivity contribution is 5.74. The van der Waals surface area contributed by atoms with Crippen LogP contribution in [0.2, 0.25) is 0 Å². The summed E-state index contributed by atoms with van der Waals surface area (Å²) in [5, 5.41) is 9.67. The Balaban J connectivity index is 2.10. The minimum absolute atomic E-state index is 0.338. The molecule has 0 radical (unpaired) electrons. The van der Waals surface area contributed by atoms with Crippen LogP contribution in [-0.4, -0.2) is 23.8 Å². The van der Waals surface area contributed by atoms with Crippen LogP contribution in [0.4, 0.5) is 0 Å². The van der Waals surface area contributed by atoms with Crippen molar-refractivity contribution in [3.8, 4) is 16.9 Å². The van der Waals surface area contributed by atoms with Crippen LogP contribution >= 0.6 is 0 Å². The van der Waals surface area contributed by atoms with Crippen LogP contribution in [0.1, 0.15) is 32.4 Å². The van der Waals surface area contributed by atoms with Gasteiger partial charge in [-0.1, -0.05) is 30.3 Å². The lowest BCUT2D eigenvalue weighted by atomic mass is 10.0. The van der Waals surface area contributed by atoms with Gasteiger partial charge in [-0.25, -0.2) is 4.79 Å². The van der Waals surface area contributed by atoms with Gasteiger partial charge in [-0.15, -0.1) is 0 Å². The van der Waals surface area contributed by atoms with E-state index in [1.54, 1.807) is 20.8 Å². The van der Waals surface area contributed by atoms with Gasteiger partial charge in [-0.2, -0.15) is 0 Å². The Labute approximate surface area is 136 Å². The van der Waals surface area contributed by atoms with E-state index >= 15 is 0 Å². The lowest BCUT2D eigenvalue weighted by molar-refractivity contribution is -0.150. The Morgan fingerprint density at radius 1 is 1.09 bits per heavy atom. The van der Waals surface area contributed by atoms with Crippen LogP contribution in [0.5, 0.6) is 5.75 Å². The number of esters is 1. The molecular weight excluding hydrogens is 292 g/mol. The quantitative estimate of drug-likeness (QED) is 0.825. The molecule has 0 saturated heterocycles. The Hall–Kier alpha value is -2.33. The van der Waals surface area contributed by atoms with Crippen molar-refractivity contribution in [1.29, 1.82) is 0 Å². The molecule has 2 aromatic carbocycles. The average Bonchev–Trinajstić information content (AvgIpc) is 2.56. The molecule has 1 N–H and O–H groups in total. The summed E-state index contributed by atoms with van der Waals surface area (Å²) in [6.45, 7) is 5.51. The number of rotatable bonds is 6. The summed E-state index contributed by atoms with van der Waals surface area (Å²) in [7, 11) is 0. The maximum atomic E-state index is 11.6. The van der Waals surface area contributed by atoms with Crippen LogP contribution < -0.4 is 4.74 Å². The Morgan fingerprint density at radius 3 is 2.39 bits per heavy atom. The van der Waals surface area contributed by atoms with E-state index in [0.717, 1.165) is 16.7 Å². The number of aliphatic hydroxyl groups is 1. The number of carbonyl (C=O) groups is 1. The molecule has 122 valence electrons. The first-order valence-electron chi connectivity index (χ1n) is 7.73. The fourth-order valence-electron chi connectivity index (χ4n) is 2.22. The van der Waals surface area contributed by atoms with E-state index < -0.39 is 12.2 Å². The summed E-state index contributed by atoms with van der Waals surface area (Å²) in [5.74, 6) is 0.238. The minimum atomic E-state index is -0.639. The van der Waals surface area contributed by atoms with E-state index in [4.69, 9.17) is 9.47 Å². The highest BCUT2D eigenvalue weighted by atomic mass is 16.6. The first-order chi connectivity index (χ1) is 11.0. The molecule has 2 rings (SSSR count). The smallest absolute Gasteiger partial charge is 0.347 e. The molecule has 0 heterocycles. The zero-order valence-electron chi connectivity index (χ0n) is 13.7. The number of benzene rings is 2. The number of hydrogen-bond acceptors (Lipinski definition) is 4. The van der Waals surface area contributed by atoms with Gasteiger partial charge in [0.05, 0.1) is 12.7 Å². The standard InChI is InChI=1S/C19H22O4/c1-4-22-19(21)14(3)23-18-10-8-15(9-11-18)17-7-5-6-16(12-17)13(2)20/h5-14,20H,4H2,1-3H3. The molecule has 2 atom stereocenters. The molecule has 0 aromatic heterocycles. The van der Waals surface area contributed by atoms with Crippen LogP contribution in [0, 0.1) is 0 Å². The van der Waals surface area contributed by atoms with E-state index in [-0.39, 0.29) is 5.97 Å². The predicted octanol–water partition coefficient (Wildman–Crippen LogP) is 3.74. The van der Waals surface area contributed by atoms with Gasteiger partial charge in [-0.3, -0.25) is 0 Å². The number of hydrogen-bond donors (Lipinski definition) is 1. The molecule has 0 aliphatic rings. The summed E-state index contributed by atoms with van der Waals surface area (Å²) in [4.78, 5) is 11.6. The third-order valence-corrected chi connectivity index (χ3v) is 3.49. The van der Waals surface area contributed by atoms with Gasteiger partial charge >= 0.3 is 5.97 Å². The second-order valence-electron chi connectivity index (χ2n) is 5.34. The number of aliphatic hydroxyl groups excluding tert-OH is 1. The third-order valence-electron chi connectivity index (χ3n) is 3.49. The normalized spacial score (nSPS) is 13.2. The van der Waals surface area contributed by atoms with Crippen LogP contribution in [-0.2, 0) is 9.53 Å². The van der Waals surface area contributed by atoms with Gasteiger partial charge in [-0.05, 0) is 55.7 Å². The maximum absolute atomic E-state index is 11.6. The zero-order valence-corrected chi connectivity index (χ0v) is 13.7. The molecule has 4 nitrogen and oxygen atoms in total. The second kappa shape index (κ2) is 7.79. The van der Waals surface area contributed by atoms with E-state index in [1.807, 2.05) is 48.5 Å². The van der Waals surface area contributed by atoms with E-state index in [2.05, 4.69) is 0 Å². The first-order valence-corrected chi connectivity index (χ1v) is 7.73. The van der Waals surface area contributed by atoms with E-state index in [1.165, 1.54) is 0 Å². The Kier molecular flexibility index (Phi) is 5.77. The van der Waals surface area contributed by atoms with Crippen molar-refractivity contribution >= 4 is 5.97 Å². The average molecular weight is 314 g/mol. The molecule has 0 bridgehead atoms. The van der Waals surface area contributed by atoms with Crippen molar-refractivity contribution in [3.05, 3.63) is 54.1 Å². The molecule has 4 heteroatoms. The van der Waals surface area contributed by atoms with E-state index in [9.17, 15) is 9.90 Å². The molecule has 23 heavy (non-hydrogen) atoms. The van der Waals surface area contributed by atoms with Gasteiger partial charge < -0.3 is 14.6 Å². The summed E-state index contributed by atoms with van der Waals surface area (Å²) < 4.78 is 10.5. The molecule has 2 aromatic rings. The Morgan fingerprint density at radius 2 is 1.78 bits per heavy atom. The van der Waals surface area contributed by atoms with Crippen molar-refractivity contribution in [1.82, 2.24) is 0 Å². The molecule has 0 amide bonds. The molecule has 0 aliphatic carbocycles. The fraction of sp³-hybridized carbons (Fsp3) is 0.316. The molecule has 2 unspecified atom stereocenters. The van der Waals surface area contributed by atoms with Gasteiger partial charge in [0.2, 0.25) is 0 Å². The Bertz CT molecular complexity index is 647. The van der Waals surface area contributed by atoms with Crippen LogP contribution in [0.15, 0.2) is 48.5 Å². The van der Waals surface area contributed by atoms with Crippen LogP contribution in [0.3, 0.4) is 0 Å². The molecule has 0 saturated carbocycles. The van der Waals surface area contributed by atoms with Gasteiger partial charge in [0.25, 0.3) is 0 Å². The highest BCUT2D eigenvalue weighted by Crippen LogP contribution is 2.25. The van der Waals surface area contributed by atoms with Crippen molar-refractivity contribution in [2.75, 3.05) is 6.61 Å². The third kappa shape index (κ3) is 4.57. The summed E-state index contributed by atoms with van der Waals surface area (Å²) in [6, 6.07) is 15.3. The van der Waals surface area contributed by atoms with E-state index in [0.29, 0.717) is 12.4 Å². The van der Waals surface area contributed by atoms with Crippen LogP contribution in [0.25, 0.3) is 11.1 Å². The SMILES string of the molecule is CCOC(=O)C(C)Oc1ccc(-c2cccc(C(C)O)c2)cc1. The monoisotopic (exact) mass is 314 g/mol. The van der Waals surface area contributed by atoms with Gasteiger partial charge in [0.1, 0.15) is 5.75 Å². The summed E-state index contributed by atoms with van der Waals surface area (Å²) >= 11 is 0. The molecular formula is C19H22O4. The van der Waals surface area contributed by atoms with Gasteiger partial charge in [0, 0.05) is 0 Å². The molecule has 0 aliphatic heterocycles. The number of ether oxygens (including phenoxy) is 2. The van der Waals surface area contributed by atoms with Crippen molar-refractivity contribution < 1.29 is 19.4 Å². The lowest BCUT2D eigenvalue weighted by Crippen LogP contribution is -2.25. The molecule has 0 spiro atoms. The second-order valence-corrected chi connectivity index (χ2v) is 5.34. The largest absolute Gasteiger partial charge is 0.479 e. The molecule has 0 fully saturated rings. The minimum Gasteiger partial charge on any atom is -0.479 e. The number of carbonyl (C=O) groups excluding carboxylic acids is 1. The summed E-state index contributed by atoms with van der Waals surface area (Å²) in [6.07, 6.45) is -1.14. The summed E-state index contributed by atoms with van der Waals surface area (Å²) in [5.41, 5.74) is 2.91. The van der Waals surface area contributed by atoms with Crippen molar-refractivity contribution in [2.24, 2.45) is 0 Å². The lowest BCUT2D eigenvalue weighted by Gasteiger charge is -2.14. The maximum Gasteiger partial charge on any atom is 0.347 e. The topological polar surface area (TPSA) is 55.8 Å². The fourth-order valence-corrected chi connectivity index (χ4v) is 2.22. The highest BCUT2D eigenvalue weighted by Gasteiger charge is 2.15. The van der Waals surface area contributed by atoms with Crippen molar-refractivity contribution in [2.45, 2.75) is 33.0 Å². The zero-order chi connectivity index (χ0) is 16.8. The van der Waals surface area contributed by atoms with Gasteiger partial charge in [0.15, 0.2) is 6.10 Å². The first kappa shape index (κ1) is 17.0.